The average Bonchev–Trinajstić information content (AvgIpc) is 2.77. The molecule has 0 saturated heterocycles. The normalized spacial score (nSPS) is 10.9. The van der Waals surface area contributed by atoms with Crippen LogP contribution in [0.15, 0.2) is 30.5 Å². The molecule has 1 aromatic carbocycles. The lowest BCUT2D eigenvalue weighted by molar-refractivity contribution is 0.646. The quantitative estimate of drug-likeness (QED) is 0.792. The Kier molecular flexibility index (Phi) is 5.62. The summed E-state index contributed by atoms with van der Waals surface area (Å²) in [5.41, 5.74) is 3.71. The van der Waals surface area contributed by atoms with E-state index in [4.69, 9.17) is 11.6 Å². The van der Waals surface area contributed by atoms with Crippen LogP contribution in [-0.4, -0.2) is 22.9 Å². The fourth-order valence-corrected chi connectivity index (χ4v) is 2.37. The summed E-state index contributed by atoms with van der Waals surface area (Å²) in [4.78, 5) is 0. The molecule has 0 aliphatic heterocycles. The molecule has 108 valence electrons. The van der Waals surface area contributed by atoms with Crippen molar-refractivity contribution in [2.75, 3.05) is 13.1 Å². The van der Waals surface area contributed by atoms with Crippen LogP contribution in [-0.2, 0) is 13.0 Å². The van der Waals surface area contributed by atoms with Gasteiger partial charge >= 0.3 is 0 Å². The molecular weight excluding hydrogens is 270 g/mol. The van der Waals surface area contributed by atoms with Crippen molar-refractivity contribution in [1.29, 1.82) is 0 Å². The van der Waals surface area contributed by atoms with Gasteiger partial charge in [-0.25, -0.2) is 0 Å². The molecular formula is C16H22ClN3. The molecule has 1 N–H and O–H groups in total. The summed E-state index contributed by atoms with van der Waals surface area (Å²) in [6, 6.07) is 8.55. The van der Waals surface area contributed by atoms with Crippen molar-refractivity contribution in [2.45, 2.75) is 33.2 Å². The van der Waals surface area contributed by atoms with E-state index in [9.17, 15) is 0 Å². The minimum absolute atomic E-state index is 0.729. The Labute approximate surface area is 126 Å². The van der Waals surface area contributed by atoms with Crippen molar-refractivity contribution in [1.82, 2.24) is 15.1 Å². The Hall–Kier alpha value is -1.32. The highest BCUT2D eigenvalue weighted by molar-refractivity contribution is 6.31. The summed E-state index contributed by atoms with van der Waals surface area (Å²) >= 11 is 6.06. The molecule has 0 aliphatic rings. The van der Waals surface area contributed by atoms with E-state index in [1.807, 2.05) is 11.6 Å². The lowest BCUT2D eigenvalue weighted by Gasteiger charge is -2.11. The maximum Gasteiger partial charge on any atom is 0.0815 e. The Balaban J connectivity index is 2.05. The van der Waals surface area contributed by atoms with Crippen molar-refractivity contribution >= 4 is 11.6 Å². The van der Waals surface area contributed by atoms with Crippen molar-refractivity contribution in [3.63, 3.8) is 0 Å². The second-order valence-corrected chi connectivity index (χ2v) is 5.41. The molecule has 0 fully saturated rings. The smallest absolute Gasteiger partial charge is 0.0815 e. The van der Waals surface area contributed by atoms with E-state index in [0.29, 0.717) is 0 Å². The van der Waals surface area contributed by atoms with Crippen LogP contribution in [0.3, 0.4) is 0 Å². The fraction of sp³-hybridized carbons (Fsp3) is 0.438. The van der Waals surface area contributed by atoms with Crippen molar-refractivity contribution < 1.29 is 0 Å². The molecule has 4 heteroatoms. The molecule has 1 aromatic heterocycles. The summed E-state index contributed by atoms with van der Waals surface area (Å²) in [6.45, 7) is 7.06. The molecule has 2 aromatic rings. The topological polar surface area (TPSA) is 29.9 Å². The average molecular weight is 292 g/mol. The second-order valence-electron chi connectivity index (χ2n) is 5.00. The highest BCUT2D eigenvalue weighted by Crippen LogP contribution is 2.17. The Morgan fingerprint density at radius 1 is 1.20 bits per heavy atom. The van der Waals surface area contributed by atoms with Crippen LogP contribution in [0.2, 0.25) is 5.02 Å². The number of benzene rings is 1. The van der Waals surface area contributed by atoms with Gasteiger partial charge in [0.2, 0.25) is 0 Å². The molecule has 2 rings (SSSR count). The lowest BCUT2D eigenvalue weighted by Crippen LogP contribution is -2.18. The molecule has 0 aliphatic carbocycles. The molecule has 20 heavy (non-hydrogen) atoms. The SMILES string of the molecule is CCCNCCc1ccccc1Cn1ncc(Cl)c1C. The second kappa shape index (κ2) is 7.46. The maximum absolute atomic E-state index is 6.06. The number of aromatic nitrogens is 2. The molecule has 0 radical (unpaired) electrons. The van der Waals surface area contributed by atoms with Gasteiger partial charge in [0.05, 0.1) is 23.5 Å². The molecule has 0 amide bonds. The minimum Gasteiger partial charge on any atom is -0.316 e. The first kappa shape index (κ1) is 15.1. The van der Waals surface area contributed by atoms with Gasteiger partial charge in [-0.3, -0.25) is 4.68 Å². The number of hydrogen-bond acceptors (Lipinski definition) is 2. The van der Waals surface area contributed by atoms with E-state index >= 15 is 0 Å². The Morgan fingerprint density at radius 2 is 1.95 bits per heavy atom. The number of hydrogen-bond donors (Lipinski definition) is 1. The van der Waals surface area contributed by atoms with Gasteiger partial charge in [-0.2, -0.15) is 5.10 Å². The van der Waals surface area contributed by atoms with Gasteiger partial charge in [-0.1, -0.05) is 42.8 Å². The summed E-state index contributed by atoms with van der Waals surface area (Å²) in [5.74, 6) is 0. The molecule has 0 unspecified atom stereocenters. The van der Waals surface area contributed by atoms with Crippen LogP contribution in [0, 0.1) is 6.92 Å². The maximum atomic E-state index is 6.06. The zero-order valence-electron chi connectivity index (χ0n) is 12.2. The van der Waals surface area contributed by atoms with Gasteiger partial charge in [0.25, 0.3) is 0 Å². The molecule has 0 bridgehead atoms. The van der Waals surface area contributed by atoms with E-state index in [0.717, 1.165) is 36.8 Å². The van der Waals surface area contributed by atoms with Crippen molar-refractivity contribution in [2.24, 2.45) is 0 Å². The predicted molar refractivity (Wildman–Crippen MR) is 84.4 cm³/mol. The zero-order chi connectivity index (χ0) is 14.4. The first-order chi connectivity index (χ1) is 9.72. The van der Waals surface area contributed by atoms with Crippen LogP contribution in [0.1, 0.15) is 30.2 Å². The largest absolute Gasteiger partial charge is 0.316 e. The Morgan fingerprint density at radius 3 is 2.60 bits per heavy atom. The van der Waals surface area contributed by atoms with E-state index in [-0.39, 0.29) is 0 Å². The standard InChI is InChI=1S/C16H22ClN3/c1-3-9-18-10-8-14-6-4-5-7-15(14)12-20-13(2)16(17)11-19-20/h4-7,11,18H,3,8-10,12H2,1-2H3. The van der Waals surface area contributed by atoms with Crippen LogP contribution >= 0.6 is 11.6 Å². The van der Waals surface area contributed by atoms with E-state index in [1.165, 1.54) is 17.5 Å². The molecule has 1 heterocycles. The summed E-state index contributed by atoms with van der Waals surface area (Å²) in [7, 11) is 0. The highest BCUT2D eigenvalue weighted by atomic mass is 35.5. The fourth-order valence-electron chi connectivity index (χ4n) is 2.22. The van der Waals surface area contributed by atoms with E-state index in [2.05, 4.69) is 41.6 Å². The molecule has 0 saturated carbocycles. The van der Waals surface area contributed by atoms with Crippen molar-refractivity contribution in [3.05, 3.63) is 52.3 Å². The van der Waals surface area contributed by atoms with Crippen LogP contribution < -0.4 is 5.32 Å². The van der Waals surface area contributed by atoms with Gasteiger partial charge in [0.1, 0.15) is 0 Å². The Bertz CT molecular complexity index is 548. The summed E-state index contributed by atoms with van der Waals surface area (Å²) < 4.78 is 1.96. The van der Waals surface area contributed by atoms with Gasteiger partial charge in [-0.05, 0) is 44.0 Å². The number of nitrogens with zero attached hydrogens (tertiary/aromatic N) is 2. The van der Waals surface area contributed by atoms with Gasteiger partial charge in [0, 0.05) is 0 Å². The predicted octanol–water partition coefficient (Wildman–Crippen LogP) is 3.44. The van der Waals surface area contributed by atoms with Gasteiger partial charge in [-0.15, -0.1) is 0 Å². The summed E-state index contributed by atoms with van der Waals surface area (Å²) in [5, 5.41) is 8.51. The monoisotopic (exact) mass is 291 g/mol. The number of rotatable bonds is 7. The number of nitrogens with one attached hydrogen (secondary N) is 1. The summed E-state index contributed by atoms with van der Waals surface area (Å²) in [6.07, 6.45) is 3.93. The first-order valence-corrected chi connectivity index (χ1v) is 7.55. The van der Waals surface area contributed by atoms with Gasteiger partial charge < -0.3 is 5.32 Å². The third kappa shape index (κ3) is 3.84. The lowest BCUT2D eigenvalue weighted by atomic mass is 10.0. The minimum atomic E-state index is 0.729. The van der Waals surface area contributed by atoms with Crippen molar-refractivity contribution in [3.8, 4) is 0 Å². The van der Waals surface area contributed by atoms with Crippen LogP contribution in [0.5, 0.6) is 0 Å². The third-order valence-electron chi connectivity index (χ3n) is 3.48. The molecule has 0 spiro atoms. The van der Waals surface area contributed by atoms with Crippen LogP contribution in [0.4, 0.5) is 0 Å². The first-order valence-electron chi connectivity index (χ1n) is 7.17. The highest BCUT2D eigenvalue weighted by Gasteiger charge is 2.07. The van der Waals surface area contributed by atoms with E-state index < -0.39 is 0 Å². The van der Waals surface area contributed by atoms with Gasteiger partial charge in [0.15, 0.2) is 0 Å². The van der Waals surface area contributed by atoms with Crippen LogP contribution in [0.25, 0.3) is 0 Å². The zero-order valence-corrected chi connectivity index (χ0v) is 13.0. The molecule has 0 atom stereocenters. The van der Waals surface area contributed by atoms with E-state index in [1.54, 1.807) is 6.20 Å². The third-order valence-corrected chi connectivity index (χ3v) is 3.85. The molecule has 3 nitrogen and oxygen atoms in total. The number of halogens is 1.